The molecule has 0 saturated carbocycles. The molecule has 1 aromatic carbocycles. The number of nitrogens with zero attached hydrogens (tertiary/aromatic N) is 1. The molecule has 1 aliphatic rings. The van der Waals surface area contributed by atoms with Crippen molar-refractivity contribution in [2.24, 2.45) is 11.3 Å². The van der Waals surface area contributed by atoms with Gasteiger partial charge in [0.15, 0.2) is 0 Å². The highest BCUT2D eigenvalue weighted by Gasteiger charge is 2.34. The molecule has 0 aliphatic carbocycles. The lowest BCUT2D eigenvalue weighted by atomic mass is 9.82. The fourth-order valence-electron chi connectivity index (χ4n) is 3.72. The van der Waals surface area contributed by atoms with Crippen molar-refractivity contribution in [1.29, 1.82) is 0 Å². The second-order valence-electron chi connectivity index (χ2n) is 10.6. The Labute approximate surface area is 199 Å². The zero-order chi connectivity index (χ0) is 24.5. The van der Waals surface area contributed by atoms with Gasteiger partial charge in [0.25, 0.3) is 0 Å². The summed E-state index contributed by atoms with van der Waals surface area (Å²) in [6, 6.07) is 9.76. The van der Waals surface area contributed by atoms with E-state index in [1.165, 1.54) is 5.06 Å². The third-order valence-corrected chi connectivity index (χ3v) is 5.78. The summed E-state index contributed by atoms with van der Waals surface area (Å²) in [6.07, 6.45) is 7.48. The maximum absolute atomic E-state index is 12.7. The maximum Gasteiger partial charge on any atom is 0.434 e. The molecule has 1 aliphatic heterocycles. The van der Waals surface area contributed by atoms with Gasteiger partial charge in [0, 0.05) is 0 Å². The lowest BCUT2D eigenvalue weighted by Gasteiger charge is -2.31. The highest BCUT2D eigenvalue weighted by Crippen LogP contribution is 2.33. The number of esters is 1. The smallest absolute Gasteiger partial charge is 0.434 e. The van der Waals surface area contributed by atoms with Crippen molar-refractivity contribution in [2.45, 2.75) is 92.0 Å². The van der Waals surface area contributed by atoms with Crippen LogP contribution in [0, 0.1) is 11.3 Å². The Morgan fingerprint density at radius 1 is 1.15 bits per heavy atom. The Hall–Kier alpha value is -2.34. The molecule has 184 valence electrons. The van der Waals surface area contributed by atoms with E-state index in [9.17, 15) is 9.59 Å². The molecule has 6 nitrogen and oxygen atoms in total. The normalized spacial score (nSPS) is 19.0. The first-order valence-corrected chi connectivity index (χ1v) is 12.0. The molecule has 1 amide bonds. The topological polar surface area (TPSA) is 65.1 Å². The number of carbonyl (C=O) groups is 2. The summed E-state index contributed by atoms with van der Waals surface area (Å²) in [4.78, 5) is 30.7. The Balaban J connectivity index is 1.89. The van der Waals surface area contributed by atoms with Gasteiger partial charge < -0.3 is 9.47 Å². The quantitative estimate of drug-likeness (QED) is 0.216. The number of ether oxygens (including phenoxy) is 2. The number of rotatable bonds is 11. The van der Waals surface area contributed by atoms with Gasteiger partial charge in [-0.25, -0.2) is 4.79 Å². The SMILES string of the molecule is CC=CCC1CC(CCC(C)(C)CCN(OCc2ccccc2)C(=O)OC(C)(C)C)OC1=O. The van der Waals surface area contributed by atoms with E-state index in [-0.39, 0.29) is 23.4 Å². The summed E-state index contributed by atoms with van der Waals surface area (Å²) in [5.41, 5.74) is 0.335. The van der Waals surface area contributed by atoms with Gasteiger partial charge in [-0.3, -0.25) is 9.63 Å². The number of hydrogen-bond acceptors (Lipinski definition) is 5. The maximum atomic E-state index is 12.7. The minimum atomic E-state index is -0.600. The summed E-state index contributed by atoms with van der Waals surface area (Å²) >= 11 is 0. The van der Waals surface area contributed by atoms with Crippen LogP contribution in [0.25, 0.3) is 0 Å². The van der Waals surface area contributed by atoms with Gasteiger partial charge in [-0.15, -0.1) is 0 Å². The van der Waals surface area contributed by atoms with Gasteiger partial charge in [0.05, 0.1) is 12.5 Å². The summed E-state index contributed by atoms with van der Waals surface area (Å²) < 4.78 is 11.1. The number of hydrogen-bond donors (Lipinski definition) is 0. The van der Waals surface area contributed by atoms with Crippen LogP contribution in [0.4, 0.5) is 4.79 Å². The zero-order valence-electron chi connectivity index (χ0n) is 21.1. The number of hydroxylamine groups is 2. The molecular formula is C27H41NO5. The summed E-state index contributed by atoms with van der Waals surface area (Å²) in [5, 5.41) is 1.34. The lowest BCUT2D eigenvalue weighted by Crippen LogP contribution is -2.38. The Morgan fingerprint density at radius 2 is 1.85 bits per heavy atom. The van der Waals surface area contributed by atoms with Crippen molar-refractivity contribution >= 4 is 12.1 Å². The van der Waals surface area contributed by atoms with Crippen molar-refractivity contribution in [1.82, 2.24) is 5.06 Å². The third kappa shape index (κ3) is 9.99. The molecule has 0 spiro atoms. The number of amides is 1. The molecule has 0 radical (unpaired) electrons. The highest BCUT2D eigenvalue weighted by atomic mass is 16.7. The molecule has 0 aromatic heterocycles. The Bertz CT molecular complexity index is 781. The molecule has 1 aromatic rings. The van der Waals surface area contributed by atoms with Gasteiger partial charge in [-0.2, -0.15) is 5.06 Å². The molecule has 0 bridgehead atoms. The minimum absolute atomic E-state index is 0.0247. The Kier molecular flexibility index (Phi) is 9.96. The lowest BCUT2D eigenvalue weighted by molar-refractivity contribution is -0.159. The molecule has 33 heavy (non-hydrogen) atoms. The van der Waals surface area contributed by atoms with E-state index >= 15 is 0 Å². The molecule has 2 atom stereocenters. The van der Waals surface area contributed by atoms with Crippen LogP contribution in [0.5, 0.6) is 0 Å². The average molecular weight is 460 g/mol. The monoisotopic (exact) mass is 459 g/mol. The van der Waals surface area contributed by atoms with Crippen LogP contribution >= 0.6 is 0 Å². The minimum Gasteiger partial charge on any atom is -0.462 e. The predicted octanol–water partition coefficient (Wildman–Crippen LogP) is 6.45. The fourth-order valence-corrected chi connectivity index (χ4v) is 3.72. The summed E-state index contributed by atoms with van der Waals surface area (Å²) in [6.45, 7) is 12.6. The first kappa shape index (κ1) is 26.9. The molecule has 0 N–H and O–H groups in total. The van der Waals surface area contributed by atoms with Gasteiger partial charge in [-0.05, 0) is 70.8 Å². The van der Waals surface area contributed by atoms with Crippen LogP contribution in [0.15, 0.2) is 42.5 Å². The van der Waals surface area contributed by atoms with Crippen LogP contribution in [-0.4, -0.2) is 35.4 Å². The van der Waals surface area contributed by atoms with Gasteiger partial charge in [0.1, 0.15) is 18.3 Å². The molecule has 6 heteroatoms. The second kappa shape index (κ2) is 12.2. The second-order valence-corrected chi connectivity index (χ2v) is 10.6. The van der Waals surface area contributed by atoms with Crippen LogP contribution in [0.3, 0.4) is 0 Å². The van der Waals surface area contributed by atoms with Crippen molar-refractivity contribution in [3.05, 3.63) is 48.0 Å². The molecule has 1 saturated heterocycles. The van der Waals surface area contributed by atoms with E-state index in [0.29, 0.717) is 13.2 Å². The van der Waals surface area contributed by atoms with Gasteiger partial charge in [0.2, 0.25) is 0 Å². The van der Waals surface area contributed by atoms with Crippen LogP contribution < -0.4 is 0 Å². The van der Waals surface area contributed by atoms with E-state index in [0.717, 1.165) is 37.7 Å². The van der Waals surface area contributed by atoms with E-state index < -0.39 is 11.7 Å². The van der Waals surface area contributed by atoms with E-state index in [1.807, 2.05) is 70.2 Å². The van der Waals surface area contributed by atoms with E-state index in [4.69, 9.17) is 14.3 Å². The largest absolute Gasteiger partial charge is 0.462 e. The molecule has 1 heterocycles. The van der Waals surface area contributed by atoms with Crippen molar-refractivity contribution < 1.29 is 23.9 Å². The summed E-state index contributed by atoms with van der Waals surface area (Å²) in [7, 11) is 0. The first-order valence-electron chi connectivity index (χ1n) is 12.0. The Morgan fingerprint density at radius 3 is 2.48 bits per heavy atom. The van der Waals surface area contributed by atoms with Gasteiger partial charge >= 0.3 is 12.1 Å². The van der Waals surface area contributed by atoms with Crippen molar-refractivity contribution in [2.75, 3.05) is 6.54 Å². The van der Waals surface area contributed by atoms with Gasteiger partial charge in [-0.1, -0.05) is 56.3 Å². The van der Waals surface area contributed by atoms with Crippen molar-refractivity contribution in [3.63, 3.8) is 0 Å². The number of allylic oxidation sites excluding steroid dienone is 2. The zero-order valence-corrected chi connectivity index (χ0v) is 21.1. The standard InChI is InChI=1S/C27H41NO5/c1-7-8-14-22-19-23(32-24(22)29)15-16-27(5,6)17-18-28(25(30)33-26(2,3)4)31-20-21-12-10-9-11-13-21/h7-13,22-23H,14-20H2,1-6H3. The molecular weight excluding hydrogens is 418 g/mol. The molecule has 2 rings (SSSR count). The van der Waals surface area contributed by atoms with Crippen LogP contribution in [-0.2, 0) is 25.7 Å². The first-order chi connectivity index (χ1) is 15.5. The van der Waals surface area contributed by atoms with E-state index in [2.05, 4.69) is 13.8 Å². The van der Waals surface area contributed by atoms with Crippen LogP contribution in [0.2, 0.25) is 0 Å². The van der Waals surface area contributed by atoms with E-state index in [1.54, 1.807) is 0 Å². The number of benzene rings is 1. The molecule has 2 unspecified atom stereocenters. The van der Waals surface area contributed by atoms with Crippen molar-refractivity contribution in [3.8, 4) is 0 Å². The number of cyclic esters (lactones) is 1. The summed E-state index contributed by atoms with van der Waals surface area (Å²) in [5.74, 6) is -0.107. The predicted molar refractivity (Wildman–Crippen MR) is 129 cm³/mol. The fraction of sp³-hybridized carbons (Fsp3) is 0.630. The van der Waals surface area contributed by atoms with Crippen LogP contribution in [0.1, 0.15) is 79.2 Å². The average Bonchev–Trinajstić information content (AvgIpc) is 3.09. The number of carbonyl (C=O) groups excluding carboxylic acids is 2. The highest BCUT2D eigenvalue weighted by molar-refractivity contribution is 5.74. The third-order valence-electron chi connectivity index (χ3n) is 5.78. The molecule has 1 fully saturated rings.